The number of pyridine rings is 1. The summed E-state index contributed by atoms with van der Waals surface area (Å²) in [5.74, 6) is -0.112. The topological polar surface area (TPSA) is 96.6 Å². The predicted octanol–water partition coefficient (Wildman–Crippen LogP) is -0.649. The van der Waals surface area contributed by atoms with Gasteiger partial charge in [-0.15, -0.1) is 0 Å². The van der Waals surface area contributed by atoms with E-state index in [4.69, 9.17) is 5.14 Å². The summed E-state index contributed by atoms with van der Waals surface area (Å²) in [6.07, 6.45) is 1.59. The van der Waals surface area contributed by atoms with Crippen LogP contribution in [0.2, 0.25) is 0 Å². The number of carbonyl (C=O) groups is 1. The van der Waals surface area contributed by atoms with Crippen molar-refractivity contribution in [1.82, 2.24) is 14.2 Å². The molecular formula is C11H16N4O3S. The van der Waals surface area contributed by atoms with E-state index < -0.39 is 10.2 Å². The molecule has 0 atom stereocenters. The van der Waals surface area contributed by atoms with E-state index in [0.717, 1.165) is 5.69 Å². The van der Waals surface area contributed by atoms with Crippen LogP contribution in [0.4, 0.5) is 0 Å². The molecule has 1 aromatic heterocycles. The quantitative estimate of drug-likeness (QED) is 0.780. The Morgan fingerprint density at radius 2 is 1.95 bits per heavy atom. The maximum absolute atomic E-state index is 12.2. The third-order valence-electron chi connectivity index (χ3n) is 3.03. The van der Waals surface area contributed by atoms with Crippen molar-refractivity contribution in [1.29, 1.82) is 0 Å². The van der Waals surface area contributed by atoms with Crippen LogP contribution in [0.15, 0.2) is 18.3 Å². The van der Waals surface area contributed by atoms with E-state index in [1.54, 1.807) is 23.2 Å². The molecule has 7 nitrogen and oxygen atoms in total. The summed E-state index contributed by atoms with van der Waals surface area (Å²) in [4.78, 5) is 17.9. The van der Waals surface area contributed by atoms with E-state index in [2.05, 4.69) is 4.98 Å². The molecule has 0 bridgehead atoms. The molecule has 1 fully saturated rings. The van der Waals surface area contributed by atoms with Crippen LogP contribution in [0.1, 0.15) is 16.1 Å². The highest BCUT2D eigenvalue weighted by Gasteiger charge is 2.26. The van der Waals surface area contributed by atoms with Crippen LogP contribution < -0.4 is 5.14 Å². The predicted molar refractivity (Wildman–Crippen MR) is 69.6 cm³/mol. The number of hydrogen-bond donors (Lipinski definition) is 1. The van der Waals surface area contributed by atoms with Gasteiger partial charge in [0.1, 0.15) is 0 Å². The van der Waals surface area contributed by atoms with Gasteiger partial charge in [-0.2, -0.15) is 12.7 Å². The molecule has 104 valence electrons. The zero-order chi connectivity index (χ0) is 14.0. The van der Waals surface area contributed by atoms with Crippen LogP contribution in [0.3, 0.4) is 0 Å². The van der Waals surface area contributed by atoms with E-state index >= 15 is 0 Å². The molecule has 0 spiro atoms. The second-order valence-electron chi connectivity index (χ2n) is 4.42. The SMILES string of the molecule is Cc1cc(C(=O)N2CCN(S(N)(=O)=O)CC2)ccn1. The molecule has 0 radical (unpaired) electrons. The molecule has 0 aromatic carbocycles. The average Bonchev–Trinajstić information content (AvgIpc) is 2.37. The number of piperazine rings is 1. The summed E-state index contributed by atoms with van der Waals surface area (Å²) in [7, 11) is -3.66. The van der Waals surface area contributed by atoms with Gasteiger partial charge in [0.2, 0.25) is 0 Å². The fourth-order valence-electron chi connectivity index (χ4n) is 2.01. The van der Waals surface area contributed by atoms with Gasteiger partial charge in [0.15, 0.2) is 0 Å². The second kappa shape index (κ2) is 5.24. The van der Waals surface area contributed by atoms with E-state index in [1.807, 2.05) is 6.92 Å². The third-order valence-corrected chi connectivity index (χ3v) is 4.11. The van der Waals surface area contributed by atoms with E-state index in [1.165, 1.54) is 4.31 Å². The average molecular weight is 284 g/mol. The van der Waals surface area contributed by atoms with Crippen molar-refractivity contribution in [2.75, 3.05) is 26.2 Å². The number of hydrogen-bond acceptors (Lipinski definition) is 4. The molecule has 1 aliphatic heterocycles. The minimum atomic E-state index is -3.66. The number of amides is 1. The molecule has 2 heterocycles. The van der Waals surface area contributed by atoms with Crippen molar-refractivity contribution in [2.45, 2.75) is 6.92 Å². The fraction of sp³-hybridized carbons (Fsp3) is 0.455. The lowest BCUT2D eigenvalue weighted by molar-refractivity contribution is 0.0697. The Morgan fingerprint density at radius 1 is 1.32 bits per heavy atom. The van der Waals surface area contributed by atoms with Crippen LogP contribution in [-0.4, -0.2) is 54.7 Å². The van der Waals surface area contributed by atoms with Crippen molar-refractivity contribution in [3.8, 4) is 0 Å². The van der Waals surface area contributed by atoms with Crippen LogP contribution in [0.25, 0.3) is 0 Å². The van der Waals surface area contributed by atoms with Gasteiger partial charge < -0.3 is 4.90 Å². The molecule has 2 rings (SSSR count). The molecule has 0 unspecified atom stereocenters. The lowest BCUT2D eigenvalue weighted by Gasteiger charge is -2.32. The number of aryl methyl sites for hydroxylation is 1. The van der Waals surface area contributed by atoms with Crippen LogP contribution in [0, 0.1) is 6.92 Å². The number of aromatic nitrogens is 1. The van der Waals surface area contributed by atoms with Crippen molar-refractivity contribution < 1.29 is 13.2 Å². The van der Waals surface area contributed by atoms with Gasteiger partial charge in [0, 0.05) is 43.6 Å². The highest BCUT2D eigenvalue weighted by Crippen LogP contribution is 2.10. The lowest BCUT2D eigenvalue weighted by Crippen LogP contribution is -2.52. The standard InChI is InChI=1S/C11H16N4O3S/c1-9-8-10(2-3-13-9)11(16)14-4-6-15(7-5-14)19(12,17)18/h2-3,8H,4-7H2,1H3,(H2,12,17,18). The maximum Gasteiger partial charge on any atom is 0.277 e. The van der Waals surface area contributed by atoms with Gasteiger partial charge in [-0.1, -0.05) is 0 Å². The van der Waals surface area contributed by atoms with Crippen LogP contribution in [-0.2, 0) is 10.2 Å². The first-order chi connectivity index (χ1) is 8.88. The van der Waals surface area contributed by atoms with Gasteiger partial charge in [0.05, 0.1) is 0 Å². The Morgan fingerprint density at radius 3 is 2.47 bits per heavy atom. The monoisotopic (exact) mass is 284 g/mol. The van der Waals surface area contributed by atoms with E-state index in [-0.39, 0.29) is 19.0 Å². The maximum atomic E-state index is 12.2. The minimum absolute atomic E-state index is 0.112. The number of carbonyl (C=O) groups excluding carboxylic acids is 1. The van der Waals surface area contributed by atoms with E-state index in [0.29, 0.717) is 18.7 Å². The highest BCUT2D eigenvalue weighted by atomic mass is 32.2. The van der Waals surface area contributed by atoms with Gasteiger partial charge in [-0.3, -0.25) is 9.78 Å². The molecule has 19 heavy (non-hydrogen) atoms. The second-order valence-corrected chi connectivity index (χ2v) is 5.97. The number of nitrogens with zero attached hydrogens (tertiary/aromatic N) is 3. The molecule has 1 amide bonds. The summed E-state index contributed by atoms with van der Waals surface area (Å²) in [5.41, 5.74) is 1.34. The molecule has 1 aliphatic rings. The first-order valence-electron chi connectivity index (χ1n) is 5.88. The Hall–Kier alpha value is -1.51. The Labute approximate surface area is 112 Å². The number of nitrogens with two attached hydrogens (primary N) is 1. The number of rotatable bonds is 2. The van der Waals surface area contributed by atoms with E-state index in [9.17, 15) is 13.2 Å². The molecule has 8 heteroatoms. The lowest BCUT2D eigenvalue weighted by atomic mass is 10.2. The summed E-state index contributed by atoms with van der Waals surface area (Å²) >= 11 is 0. The van der Waals surface area contributed by atoms with Gasteiger partial charge in [-0.05, 0) is 19.1 Å². The van der Waals surface area contributed by atoms with Crippen LogP contribution >= 0.6 is 0 Å². The molecule has 0 aliphatic carbocycles. The van der Waals surface area contributed by atoms with Crippen LogP contribution in [0.5, 0.6) is 0 Å². The zero-order valence-corrected chi connectivity index (χ0v) is 11.4. The summed E-state index contributed by atoms with van der Waals surface area (Å²) < 4.78 is 23.5. The first-order valence-corrected chi connectivity index (χ1v) is 7.38. The molecule has 0 saturated carbocycles. The van der Waals surface area contributed by atoms with Crippen molar-refractivity contribution in [3.63, 3.8) is 0 Å². The summed E-state index contributed by atoms with van der Waals surface area (Å²) in [6.45, 7) is 2.96. The van der Waals surface area contributed by atoms with Crippen molar-refractivity contribution in [2.24, 2.45) is 5.14 Å². The normalized spacial score (nSPS) is 17.5. The Balaban J connectivity index is 2.04. The zero-order valence-electron chi connectivity index (χ0n) is 10.6. The minimum Gasteiger partial charge on any atom is -0.336 e. The summed E-state index contributed by atoms with van der Waals surface area (Å²) in [6, 6.07) is 3.37. The summed E-state index contributed by atoms with van der Waals surface area (Å²) in [5, 5.41) is 5.05. The largest absolute Gasteiger partial charge is 0.336 e. The molecular weight excluding hydrogens is 268 g/mol. The Bertz CT molecular complexity index is 579. The highest BCUT2D eigenvalue weighted by molar-refractivity contribution is 7.86. The van der Waals surface area contributed by atoms with Gasteiger partial charge in [-0.25, -0.2) is 5.14 Å². The smallest absolute Gasteiger partial charge is 0.277 e. The fourth-order valence-corrected chi connectivity index (χ4v) is 2.68. The van der Waals surface area contributed by atoms with Gasteiger partial charge >= 0.3 is 0 Å². The van der Waals surface area contributed by atoms with Crippen molar-refractivity contribution >= 4 is 16.1 Å². The Kier molecular flexibility index (Phi) is 3.83. The van der Waals surface area contributed by atoms with Crippen molar-refractivity contribution in [3.05, 3.63) is 29.6 Å². The molecule has 1 saturated heterocycles. The molecule has 1 aromatic rings. The molecule has 2 N–H and O–H groups in total. The first kappa shape index (κ1) is 13.9. The van der Waals surface area contributed by atoms with Gasteiger partial charge in [0.25, 0.3) is 16.1 Å². The third kappa shape index (κ3) is 3.28.